The first-order chi connectivity index (χ1) is 11.3. The maximum absolute atomic E-state index is 11.8. The first kappa shape index (κ1) is 19.9. The number of aliphatic hydroxyl groups is 2. The maximum atomic E-state index is 11.8. The number of nitrogens with one attached hydrogen (secondary N) is 2. The van der Waals surface area contributed by atoms with E-state index < -0.39 is 23.5 Å². The molecule has 0 spiro atoms. The van der Waals surface area contributed by atoms with E-state index in [2.05, 4.69) is 10.6 Å². The Bertz CT molecular complexity index is 533. The van der Waals surface area contributed by atoms with Gasteiger partial charge in [-0.1, -0.05) is 44.2 Å². The maximum Gasteiger partial charge on any atom is 0.407 e. The van der Waals surface area contributed by atoms with E-state index in [0.717, 1.165) is 5.56 Å². The summed E-state index contributed by atoms with van der Waals surface area (Å²) < 4.78 is 5.08. The molecule has 7 nitrogen and oxygen atoms in total. The molecule has 0 aromatic heterocycles. The van der Waals surface area contributed by atoms with Gasteiger partial charge in [-0.15, -0.1) is 0 Å². The Balaban J connectivity index is 2.31. The van der Waals surface area contributed by atoms with Crippen LogP contribution in [0.25, 0.3) is 0 Å². The molecule has 134 valence electrons. The van der Waals surface area contributed by atoms with Crippen molar-refractivity contribution in [2.45, 2.75) is 39.5 Å². The fraction of sp³-hybridized carbons (Fsp3) is 0.529. The molecule has 0 saturated carbocycles. The van der Waals surface area contributed by atoms with E-state index >= 15 is 0 Å². The summed E-state index contributed by atoms with van der Waals surface area (Å²) >= 11 is 0. The first-order valence-corrected chi connectivity index (χ1v) is 7.80. The van der Waals surface area contributed by atoms with Crippen molar-refractivity contribution in [3.8, 4) is 0 Å². The van der Waals surface area contributed by atoms with Crippen LogP contribution in [-0.2, 0) is 16.1 Å². The number of rotatable bonds is 8. The number of amides is 2. The van der Waals surface area contributed by atoms with Gasteiger partial charge in [0.1, 0.15) is 12.7 Å². The second-order valence-electron chi connectivity index (χ2n) is 6.40. The molecule has 7 heteroatoms. The van der Waals surface area contributed by atoms with Crippen LogP contribution < -0.4 is 10.6 Å². The van der Waals surface area contributed by atoms with Gasteiger partial charge in [0.05, 0.1) is 6.61 Å². The summed E-state index contributed by atoms with van der Waals surface area (Å²) in [4.78, 5) is 23.5. The summed E-state index contributed by atoms with van der Waals surface area (Å²) in [6.07, 6.45) is -1.92. The Morgan fingerprint density at radius 1 is 1.25 bits per heavy atom. The number of carbonyl (C=O) groups is 2. The van der Waals surface area contributed by atoms with E-state index in [0.29, 0.717) is 0 Å². The standard InChI is InChI=1S/C17H26N2O5/c1-12(9-18-15(22)14(21)17(2,3)11-20)19-16(23)24-10-13-7-5-4-6-8-13/h4-8,12,14,20-21H,9-11H2,1-3H3,(H,18,22)(H,19,23)/t12-,14+/m0/s1. The third kappa shape index (κ3) is 6.55. The molecule has 1 aromatic rings. The number of ether oxygens (including phenoxy) is 1. The van der Waals surface area contributed by atoms with E-state index in [1.54, 1.807) is 20.8 Å². The summed E-state index contributed by atoms with van der Waals surface area (Å²) in [5.41, 5.74) is -0.0574. The van der Waals surface area contributed by atoms with Crippen LogP contribution in [0, 0.1) is 5.41 Å². The van der Waals surface area contributed by atoms with Gasteiger partial charge in [0.25, 0.3) is 0 Å². The fourth-order valence-electron chi connectivity index (χ4n) is 1.81. The monoisotopic (exact) mass is 338 g/mol. The minimum atomic E-state index is -1.33. The Morgan fingerprint density at radius 3 is 2.46 bits per heavy atom. The van der Waals surface area contributed by atoms with E-state index in [-0.39, 0.29) is 25.8 Å². The van der Waals surface area contributed by atoms with Crippen LogP contribution in [0.5, 0.6) is 0 Å². The molecule has 0 saturated heterocycles. The smallest absolute Gasteiger partial charge is 0.407 e. The minimum absolute atomic E-state index is 0.137. The van der Waals surface area contributed by atoms with Crippen LogP contribution in [0.2, 0.25) is 0 Å². The zero-order valence-corrected chi connectivity index (χ0v) is 14.3. The van der Waals surface area contributed by atoms with E-state index in [1.807, 2.05) is 30.3 Å². The normalized spacial score (nSPS) is 13.7. The van der Waals surface area contributed by atoms with Gasteiger partial charge >= 0.3 is 6.09 Å². The third-order valence-corrected chi connectivity index (χ3v) is 3.56. The second kappa shape index (κ2) is 9.24. The Labute approximate surface area is 142 Å². The molecular formula is C17H26N2O5. The van der Waals surface area contributed by atoms with Gasteiger partial charge in [0.15, 0.2) is 0 Å². The molecule has 0 unspecified atom stereocenters. The molecule has 2 amide bonds. The number of benzene rings is 1. The van der Waals surface area contributed by atoms with Crippen molar-refractivity contribution in [1.29, 1.82) is 0 Å². The van der Waals surface area contributed by atoms with Gasteiger partial charge in [-0.2, -0.15) is 0 Å². The zero-order valence-electron chi connectivity index (χ0n) is 14.3. The van der Waals surface area contributed by atoms with Gasteiger partial charge in [0.2, 0.25) is 5.91 Å². The summed E-state index contributed by atoms with van der Waals surface area (Å²) in [6, 6.07) is 8.91. The lowest BCUT2D eigenvalue weighted by molar-refractivity contribution is -0.137. The van der Waals surface area contributed by atoms with Gasteiger partial charge in [-0.25, -0.2) is 4.79 Å². The summed E-state index contributed by atoms with van der Waals surface area (Å²) in [6.45, 7) is 4.85. The van der Waals surface area contributed by atoms with Crippen molar-refractivity contribution in [2.24, 2.45) is 5.41 Å². The molecule has 24 heavy (non-hydrogen) atoms. The highest BCUT2D eigenvalue weighted by atomic mass is 16.5. The number of hydrogen-bond acceptors (Lipinski definition) is 5. The largest absolute Gasteiger partial charge is 0.445 e. The van der Waals surface area contributed by atoms with Gasteiger partial charge in [-0.3, -0.25) is 4.79 Å². The van der Waals surface area contributed by atoms with Crippen LogP contribution in [0.3, 0.4) is 0 Å². The van der Waals surface area contributed by atoms with Crippen LogP contribution >= 0.6 is 0 Å². The highest BCUT2D eigenvalue weighted by Gasteiger charge is 2.32. The van der Waals surface area contributed by atoms with Crippen molar-refractivity contribution in [3.05, 3.63) is 35.9 Å². The third-order valence-electron chi connectivity index (χ3n) is 3.56. The lowest BCUT2D eigenvalue weighted by Gasteiger charge is -2.27. The number of alkyl carbamates (subject to hydrolysis) is 1. The van der Waals surface area contributed by atoms with Gasteiger partial charge in [0, 0.05) is 18.0 Å². The SMILES string of the molecule is C[C@@H](CNC(=O)[C@@H](O)C(C)(C)CO)NC(=O)OCc1ccccc1. The van der Waals surface area contributed by atoms with Gasteiger partial charge in [-0.05, 0) is 12.5 Å². The number of hydrogen-bond donors (Lipinski definition) is 4. The fourth-order valence-corrected chi connectivity index (χ4v) is 1.81. The molecule has 0 bridgehead atoms. The summed E-state index contributed by atoms with van der Waals surface area (Å²) in [7, 11) is 0. The molecule has 0 aliphatic heterocycles. The van der Waals surface area contributed by atoms with E-state index in [1.165, 1.54) is 0 Å². The summed E-state index contributed by atoms with van der Waals surface area (Å²) in [5.74, 6) is -0.597. The Hall–Kier alpha value is -2.12. The van der Waals surface area contributed by atoms with Crippen molar-refractivity contribution in [3.63, 3.8) is 0 Å². The molecule has 0 aliphatic rings. The van der Waals surface area contributed by atoms with Crippen molar-refractivity contribution in [1.82, 2.24) is 10.6 Å². The lowest BCUT2D eigenvalue weighted by Crippen LogP contribution is -2.49. The molecule has 1 rings (SSSR count). The summed E-state index contributed by atoms with van der Waals surface area (Å²) in [5, 5.41) is 24.1. The molecule has 1 aromatic carbocycles. The minimum Gasteiger partial charge on any atom is -0.445 e. The highest BCUT2D eigenvalue weighted by Crippen LogP contribution is 2.19. The Morgan fingerprint density at radius 2 is 1.88 bits per heavy atom. The van der Waals surface area contributed by atoms with E-state index in [4.69, 9.17) is 9.84 Å². The number of aliphatic hydroxyl groups excluding tert-OH is 2. The highest BCUT2D eigenvalue weighted by molar-refractivity contribution is 5.81. The van der Waals surface area contributed by atoms with Gasteiger partial charge < -0.3 is 25.6 Å². The molecule has 2 atom stereocenters. The Kier molecular flexibility index (Phi) is 7.67. The van der Waals surface area contributed by atoms with Crippen molar-refractivity contribution >= 4 is 12.0 Å². The van der Waals surface area contributed by atoms with Crippen LogP contribution in [0.1, 0.15) is 26.3 Å². The average molecular weight is 338 g/mol. The van der Waals surface area contributed by atoms with Crippen LogP contribution in [-0.4, -0.2) is 47.5 Å². The molecule has 4 N–H and O–H groups in total. The van der Waals surface area contributed by atoms with Crippen LogP contribution in [0.15, 0.2) is 30.3 Å². The second-order valence-corrected chi connectivity index (χ2v) is 6.40. The lowest BCUT2D eigenvalue weighted by atomic mass is 9.87. The molecule has 0 radical (unpaired) electrons. The zero-order chi connectivity index (χ0) is 18.2. The predicted molar refractivity (Wildman–Crippen MR) is 89.1 cm³/mol. The first-order valence-electron chi connectivity index (χ1n) is 7.80. The van der Waals surface area contributed by atoms with Crippen molar-refractivity contribution in [2.75, 3.05) is 13.2 Å². The molecule has 0 fully saturated rings. The topological polar surface area (TPSA) is 108 Å². The molecule has 0 aliphatic carbocycles. The predicted octanol–water partition coefficient (Wildman–Crippen LogP) is 0.797. The molecule has 0 heterocycles. The van der Waals surface area contributed by atoms with E-state index in [9.17, 15) is 14.7 Å². The quantitative estimate of drug-likeness (QED) is 0.561. The van der Waals surface area contributed by atoms with Crippen molar-refractivity contribution < 1.29 is 24.5 Å². The number of carbonyl (C=O) groups excluding carboxylic acids is 2. The van der Waals surface area contributed by atoms with Crippen LogP contribution in [0.4, 0.5) is 4.79 Å². The molecular weight excluding hydrogens is 312 g/mol. The average Bonchev–Trinajstić information content (AvgIpc) is 2.58.